The number of phenolic OH excluding ortho intramolecular Hbond substituents is 1. The Bertz CT molecular complexity index is 715. The zero-order valence-electron chi connectivity index (χ0n) is 11.6. The highest BCUT2D eigenvalue weighted by atomic mass is 32.1. The van der Waals surface area contributed by atoms with Gasteiger partial charge in [-0.1, -0.05) is 24.3 Å². The van der Waals surface area contributed by atoms with Crippen molar-refractivity contribution in [1.29, 1.82) is 0 Å². The molecule has 0 spiro atoms. The van der Waals surface area contributed by atoms with Crippen LogP contribution in [0.1, 0.15) is 23.4 Å². The van der Waals surface area contributed by atoms with E-state index in [1.165, 1.54) is 15.0 Å². The molecule has 3 heteroatoms. The number of hydrogen-bond acceptors (Lipinski definition) is 3. The summed E-state index contributed by atoms with van der Waals surface area (Å²) in [6.45, 7) is 4.04. The molecule has 3 rings (SSSR count). The zero-order valence-corrected chi connectivity index (χ0v) is 12.4. The van der Waals surface area contributed by atoms with Gasteiger partial charge in [0.25, 0.3) is 0 Å². The number of aromatic hydroxyl groups is 1. The summed E-state index contributed by atoms with van der Waals surface area (Å²) in [5.41, 5.74) is 1.84. The van der Waals surface area contributed by atoms with Crippen LogP contribution in [0.15, 0.2) is 48.5 Å². The number of anilines is 1. The third kappa shape index (κ3) is 2.49. The molecule has 1 heterocycles. The molecular formula is C17H17NOS. The minimum absolute atomic E-state index is 0.217. The number of rotatable bonds is 3. The van der Waals surface area contributed by atoms with Crippen molar-refractivity contribution in [3.8, 4) is 5.75 Å². The van der Waals surface area contributed by atoms with Crippen molar-refractivity contribution >= 4 is 27.1 Å². The van der Waals surface area contributed by atoms with E-state index in [1.54, 1.807) is 17.4 Å². The summed E-state index contributed by atoms with van der Waals surface area (Å²) in [5.74, 6) is 0.332. The number of aryl methyl sites for hydroxylation is 1. The molecule has 0 saturated carbocycles. The highest BCUT2D eigenvalue weighted by Crippen LogP contribution is 2.32. The van der Waals surface area contributed by atoms with Gasteiger partial charge in [0.15, 0.2) is 0 Å². The number of phenols is 1. The lowest BCUT2D eigenvalue weighted by Crippen LogP contribution is -2.04. The van der Waals surface area contributed by atoms with Gasteiger partial charge < -0.3 is 10.4 Å². The minimum atomic E-state index is 0.217. The van der Waals surface area contributed by atoms with Crippen molar-refractivity contribution in [3.05, 3.63) is 59.0 Å². The molecular weight excluding hydrogens is 266 g/mol. The molecule has 0 fully saturated rings. The topological polar surface area (TPSA) is 32.3 Å². The summed E-state index contributed by atoms with van der Waals surface area (Å²) in [7, 11) is 0. The van der Waals surface area contributed by atoms with E-state index in [1.807, 2.05) is 19.1 Å². The Morgan fingerprint density at radius 1 is 1.10 bits per heavy atom. The van der Waals surface area contributed by atoms with Gasteiger partial charge in [-0.05, 0) is 43.0 Å². The molecule has 0 bridgehead atoms. The normalized spacial score (nSPS) is 12.5. The zero-order chi connectivity index (χ0) is 14.1. The first kappa shape index (κ1) is 13.0. The maximum Gasteiger partial charge on any atom is 0.120 e. The van der Waals surface area contributed by atoms with Gasteiger partial charge in [-0.15, -0.1) is 11.3 Å². The van der Waals surface area contributed by atoms with Crippen LogP contribution in [0.25, 0.3) is 10.1 Å². The molecule has 0 radical (unpaired) electrons. The molecule has 20 heavy (non-hydrogen) atoms. The fourth-order valence-electron chi connectivity index (χ4n) is 2.24. The van der Waals surface area contributed by atoms with Crippen LogP contribution < -0.4 is 5.32 Å². The van der Waals surface area contributed by atoms with Crippen molar-refractivity contribution in [2.75, 3.05) is 5.32 Å². The molecule has 0 aliphatic rings. The van der Waals surface area contributed by atoms with Crippen LogP contribution >= 0.6 is 11.3 Å². The van der Waals surface area contributed by atoms with Gasteiger partial charge in [0.1, 0.15) is 5.75 Å². The van der Waals surface area contributed by atoms with Crippen LogP contribution in [0, 0.1) is 6.92 Å². The van der Waals surface area contributed by atoms with Gasteiger partial charge >= 0.3 is 0 Å². The van der Waals surface area contributed by atoms with E-state index >= 15 is 0 Å². The molecule has 1 unspecified atom stereocenters. The second kappa shape index (κ2) is 5.17. The van der Waals surface area contributed by atoms with E-state index < -0.39 is 0 Å². The predicted molar refractivity (Wildman–Crippen MR) is 86.7 cm³/mol. The Hall–Kier alpha value is -2.00. The largest absolute Gasteiger partial charge is 0.508 e. The number of hydrogen-bond donors (Lipinski definition) is 2. The van der Waals surface area contributed by atoms with E-state index in [4.69, 9.17) is 0 Å². The summed E-state index contributed by atoms with van der Waals surface area (Å²) in [4.78, 5) is 1.30. The van der Waals surface area contributed by atoms with E-state index in [0.29, 0.717) is 5.75 Å². The molecule has 0 amide bonds. The van der Waals surface area contributed by atoms with Gasteiger partial charge in [-0.2, -0.15) is 0 Å². The van der Waals surface area contributed by atoms with Crippen molar-refractivity contribution in [2.24, 2.45) is 0 Å². The van der Waals surface area contributed by atoms with Crippen LogP contribution in [-0.4, -0.2) is 5.11 Å². The second-order valence-corrected chi connectivity index (χ2v) is 6.17. The van der Waals surface area contributed by atoms with Gasteiger partial charge in [0.05, 0.1) is 6.04 Å². The number of nitrogens with one attached hydrogen (secondary N) is 1. The lowest BCUT2D eigenvalue weighted by Gasteiger charge is -2.14. The van der Waals surface area contributed by atoms with Gasteiger partial charge in [0, 0.05) is 21.3 Å². The first-order valence-corrected chi connectivity index (χ1v) is 7.50. The van der Waals surface area contributed by atoms with Crippen LogP contribution in [0.4, 0.5) is 5.69 Å². The van der Waals surface area contributed by atoms with E-state index in [0.717, 1.165) is 11.3 Å². The van der Waals surface area contributed by atoms with Crippen molar-refractivity contribution in [1.82, 2.24) is 0 Å². The highest BCUT2D eigenvalue weighted by molar-refractivity contribution is 7.19. The van der Waals surface area contributed by atoms with Crippen LogP contribution in [0.3, 0.4) is 0 Å². The third-order valence-electron chi connectivity index (χ3n) is 3.46. The molecule has 2 N–H and O–H groups in total. The predicted octanol–water partition coefficient (Wildman–Crippen LogP) is 5.09. The molecule has 0 aliphatic carbocycles. The second-order valence-electron chi connectivity index (χ2n) is 5.05. The van der Waals surface area contributed by atoms with Gasteiger partial charge in [-0.3, -0.25) is 0 Å². The Labute approximate surface area is 122 Å². The summed E-state index contributed by atoms with van der Waals surface area (Å²) >= 11 is 1.81. The average Bonchev–Trinajstić information content (AvgIpc) is 2.87. The molecule has 1 aromatic heterocycles. The third-order valence-corrected chi connectivity index (χ3v) is 4.76. The molecule has 0 saturated heterocycles. The van der Waals surface area contributed by atoms with Gasteiger partial charge in [0.2, 0.25) is 0 Å². The fraction of sp³-hybridized carbons (Fsp3) is 0.176. The van der Waals surface area contributed by atoms with Crippen LogP contribution in [0.2, 0.25) is 0 Å². The Balaban J connectivity index is 1.84. The minimum Gasteiger partial charge on any atom is -0.508 e. The fourth-order valence-corrected chi connectivity index (χ4v) is 3.30. The first-order chi connectivity index (χ1) is 9.63. The average molecular weight is 283 g/mol. The van der Waals surface area contributed by atoms with E-state index in [-0.39, 0.29) is 6.04 Å². The SMILES string of the molecule is Cc1ccc(NC(C)c2cc3ccccc3s2)cc1O. The quantitative estimate of drug-likeness (QED) is 0.702. The molecule has 102 valence electrons. The first-order valence-electron chi connectivity index (χ1n) is 6.68. The van der Waals surface area contributed by atoms with E-state index in [2.05, 4.69) is 42.6 Å². The maximum atomic E-state index is 9.76. The Kier molecular flexibility index (Phi) is 3.36. The molecule has 2 aromatic carbocycles. The molecule has 2 nitrogen and oxygen atoms in total. The van der Waals surface area contributed by atoms with Crippen molar-refractivity contribution in [3.63, 3.8) is 0 Å². The Morgan fingerprint density at radius 2 is 1.90 bits per heavy atom. The van der Waals surface area contributed by atoms with E-state index in [9.17, 15) is 5.11 Å². The Morgan fingerprint density at radius 3 is 2.65 bits per heavy atom. The number of benzene rings is 2. The summed E-state index contributed by atoms with van der Waals surface area (Å²) in [6.07, 6.45) is 0. The van der Waals surface area contributed by atoms with Gasteiger partial charge in [-0.25, -0.2) is 0 Å². The van der Waals surface area contributed by atoms with Crippen LogP contribution in [-0.2, 0) is 0 Å². The lowest BCUT2D eigenvalue weighted by molar-refractivity contribution is 0.471. The molecule has 0 aliphatic heterocycles. The maximum absolute atomic E-state index is 9.76. The monoisotopic (exact) mass is 283 g/mol. The lowest BCUT2D eigenvalue weighted by atomic mass is 10.1. The summed E-state index contributed by atoms with van der Waals surface area (Å²) in [5, 5.41) is 14.5. The molecule has 3 aromatic rings. The number of thiophene rings is 1. The molecule has 1 atom stereocenters. The van der Waals surface area contributed by atoms with Crippen molar-refractivity contribution in [2.45, 2.75) is 19.9 Å². The van der Waals surface area contributed by atoms with Crippen LogP contribution in [0.5, 0.6) is 5.75 Å². The summed E-state index contributed by atoms with van der Waals surface area (Å²) in [6, 6.07) is 16.6. The highest BCUT2D eigenvalue weighted by Gasteiger charge is 2.10. The number of fused-ring (bicyclic) bond motifs is 1. The smallest absolute Gasteiger partial charge is 0.120 e. The standard InChI is InChI=1S/C17H17NOS/c1-11-7-8-14(10-15(11)19)18-12(2)17-9-13-5-3-4-6-16(13)20-17/h3-10,12,18-19H,1-2H3. The van der Waals surface area contributed by atoms with Crippen molar-refractivity contribution < 1.29 is 5.11 Å². The summed E-state index contributed by atoms with van der Waals surface area (Å²) < 4.78 is 1.31.